The molecule has 110 valence electrons. The number of amides is 1. The molecule has 0 spiro atoms. The summed E-state index contributed by atoms with van der Waals surface area (Å²) in [6.07, 6.45) is 2.90. The lowest BCUT2D eigenvalue weighted by Gasteiger charge is -2.16. The van der Waals surface area contributed by atoms with Gasteiger partial charge < -0.3 is 14.2 Å². The number of carbonyl (C=O) groups excluding carboxylic acids is 1. The Morgan fingerprint density at radius 1 is 1.48 bits per heavy atom. The lowest BCUT2D eigenvalue weighted by molar-refractivity contribution is 0.0795. The van der Waals surface area contributed by atoms with Gasteiger partial charge in [-0.1, -0.05) is 5.16 Å². The van der Waals surface area contributed by atoms with Gasteiger partial charge in [0.2, 0.25) is 6.39 Å². The minimum absolute atomic E-state index is 0.0131. The summed E-state index contributed by atoms with van der Waals surface area (Å²) in [7, 11) is 1.77. The fourth-order valence-corrected chi connectivity index (χ4v) is 2.45. The first-order valence-electron chi connectivity index (χ1n) is 6.94. The second kappa shape index (κ2) is 5.55. The van der Waals surface area contributed by atoms with Crippen LogP contribution in [0.3, 0.4) is 0 Å². The Bertz CT molecular complexity index is 640. The number of likely N-dealkylation sites (N-methyl/N-ethyl adjacent to an activating group) is 1. The van der Waals surface area contributed by atoms with E-state index < -0.39 is 0 Å². The summed E-state index contributed by atoms with van der Waals surface area (Å²) in [6, 6.07) is 5.61. The first-order valence-corrected chi connectivity index (χ1v) is 6.94. The van der Waals surface area contributed by atoms with Crippen molar-refractivity contribution in [3.8, 4) is 5.75 Å². The molecule has 3 rings (SSSR count). The SMILES string of the molecule is C[C@@H]1Cc2cc(C(=O)N(C)CCc3ncon3)ccc2O1. The maximum absolute atomic E-state index is 12.4. The third-order valence-electron chi connectivity index (χ3n) is 3.57. The molecule has 6 heteroatoms. The molecule has 21 heavy (non-hydrogen) atoms. The average molecular weight is 287 g/mol. The second-order valence-corrected chi connectivity index (χ2v) is 5.28. The van der Waals surface area contributed by atoms with Crippen LogP contribution in [0.15, 0.2) is 29.1 Å². The zero-order chi connectivity index (χ0) is 14.8. The van der Waals surface area contributed by atoms with E-state index in [1.165, 1.54) is 6.39 Å². The van der Waals surface area contributed by atoms with Gasteiger partial charge >= 0.3 is 0 Å². The number of carbonyl (C=O) groups is 1. The van der Waals surface area contributed by atoms with Gasteiger partial charge in [0.1, 0.15) is 11.9 Å². The van der Waals surface area contributed by atoms with Crippen molar-refractivity contribution in [2.24, 2.45) is 0 Å². The summed E-state index contributed by atoms with van der Waals surface area (Å²) in [6.45, 7) is 2.57. The smallest absolute Gasteiger partial charge is 0.253 e. The molecular weight excluding hydrogens is 270 g/mol. The molecule has 2 aromatic rings. The van der Waals surface area contributed by atoms with Crippen LogP contribution in [0.4, 0.5) is 0 Å². The molecule has 1 aromatic heterocycles. The maximum Gasteiger partial charge on any atom is 0.253 e. The highest BCUT2D eigenvalue weighted by atomic mass is 16.5. The third-order valence-corrected chi connectivity index (χ3v) is 3.57. The average Bonchev–Trinajstić information content (AvgIpc) is 3.10. The lowest BCUT2D eigenvalue weighted by atomic mass is 10.1. The number of rotatable bonds is 4. The number of hydrogen-bond acceptors (Lipinski definition) is 5. The van der Waals surface area contributed by atoms with Crippen molar-refractivity contribution in [1.82, 2.24) is 15.0 Å². The number of fused-ring (bicyclic) bond motifs is 1. The van der Waals surface area contributed by atoms with E-state index in [4.69, 9.17) is 4.74 Å². The number of benzene rings is 1. The van der Waals surface area contributed by atoms with E-state index in [9.17, 15) is 4.79 Å². The van der Waals surface area contributed by atoms with Crippen LogP contribution in [0.5, 0.6) is 5.75 Å². The Labute approximate surface area is 122 Å². The molecule has 1 amide bonds. The predicted octanol–water partition coefficient (Wildman–Crippen LogP) is 1.71. The van der Waals surface area contributed by atoms with Crippen LogP contribution in [-0.4, -0.2) is 40.6 Å². The normalized spacial score (nSPS) is 16.4. The Morgan fingerprint density at radius 3 is 3.10 bits per heavy atom. The largest absolute Gasteiger partial charge is 0.490 e. The Hall–Kier alpha value is -2.37. The predicted molar refractivity (Wildman–Crippen MR) is 75.2 cm³/mol. The molecule has 1 aromatic carbocycles. The minimum Gasteiger partial charge on any atom is -0.490 e. The quantitative estimate of drug-likeness (QED) is 0.856. The van der Waals surface area contributed by atoms with Crippen molar-refractivity contribution in [3.63, 3.8) is 0 Å². The molecule has 0 saturated heterocycles. The van der Waals surface area contributed by atoms with Crippen LogP contribution in [0.25, 0.3) is 0 Å². The summed E-state index contributed by atoms with van der Waals surface area (Å²) in [4.78, 5) is 18.0. The lowest BCUT2D eigenvalue weighted by Crippen LogP contribution is -2.29. The molecule has 1 aliphatic rings. The number of hydrogen-bond donors (Lipinski definition) is 0. The topological polar surface area (TPSA) is 68.5 Å². The van der Waals surface area contributed by atoms with Gasteiger partial charge in [-0.3, -0.25) is 4.79 Å². The number of nitrogens with zero attached hydrogens (tertiary/aromatic N) is 3. The Morgan fingerprint density at radius 2 is 2.33 bits per heavy atom. The van der Waals surface area contributed by atoms with E-state index in [0.717, 1.165) is 17.7 Å². The minimum atomic E-state index is -0.0131. The van der Waals surface area contributed by atoms with Gasteiger partial charge in [-0.05, 0) is 30.7 Å². The first kappa shape index (κ1) is 13.6. The molecule has 0 bridgehead atoms. The summed E-state index contributed by atoms with van der Waals surface area (Å²) in [5.41, 5.74) is 1.78. The molecule has 0 saturated carbocycles. The van der Waals surface area contributed by atoms with E-state index in [-0.39, 0.29) is 12.0 Å². The fourth-order valence-electron chi connectivity index (χ4n) is 2.45. The van der Waals surface area contributed by atoms with E-state index in [2.05, 4.69) is 14.7 Å². The zero-order valence-corrected chi connectivity index (χ0v) is 12.1. The van der Waals surface area contributed by atoms with Gasteiger partial charge in [-0.25, -0.2) is 0 Å². The van der Waals surface area contributed by atoms with Crippen LogP contribution in [0, 0.1) is 0 Å². The third kappa shape index (κ3) is 2.89. The van der Waals surface area contributed by atoms with Gasteiger partial charge in [0.25, 0.3) is 5.91 Å². The van der Waals surface area contributed by atoms with Crippen molar-refractivity contribution in [2.75, 3.05) is 13.6 Å². The van der Waals surface area contributed by atoms with Crippen LogP contribution < -0.4 is 4.74 Å². The molecule has 6 nitrogen and oxygen atoms in total. The highest BCUT2D eigenvalue weighted by Crippen LogP contribution is 2.29. The van der Waals surface area contributed by atoms with Crippen molar-refractivity contribution < 1.29 is 14.1 Å². The highest BCUT2D eigenvalue weighted by Gasteiger charge is 2.21. The van der Waals surface area contributed by atoms with Gasteiger partial charge in [0.15, 0.2) is 5.82 Å². The second-order valence-electron chi connectivity index (χ2n) is 5.28. The molecule has 1 atom stereocenters. The summed E-state index contributed by atoms with van der Waals surface area (Å²) >= 11 is 0. The van der Waals surface area contributed by atoms with Gasteiger partial charge in [-0.2, -0.15) is 4.98 Å². The number of ether oxygens (including phenoxy) is 1. The molecule has 0 radical (unpaired) electrons. The summed E-state index contributed by atoms with van der Waals surface area (Å²) in [5.74, 6) is 1.47. The number of aromatic nitrogens is 2. The molecule has 0 aliphatic carbocycles. The zero-order valence-electron chi connectivity index (χ0n) is 12.1. The van der Waals surface area contributed by atoms with Crippen LogP contribution in [-0.2, 0) is 12.8 Å². The van der Waals surface area contributed by atoms with E-state index >= 15 is 0 Å². The van der Waals surface area contributed by atoms with Crippen molar-refractivity contribution in [1.29, 1.82) is 0 Å². The van der Waals surface area contributed by atoms with Gasteiger partial charge in [-0.15, -0.1) is 0 Å². The summed E-state index contributed by atoms with van der Waals surface area (Å²) < 4.78 is 10.3. The molecular formula is C15H17N3O3. The van der Waals surface area contributed by atoms with E-state index in [1.807, 2.05) is 25.1 Å². The van der Waals surface area contributed by atoms with E-state index in [0.29, 0.717) is 24.4 Å². The molecule has 0 unspecified atom stereocenters. The first-order chi connectivity index (χ1) is 10.1. The van der Waals surface area contributed by atoms with Gasteiger partial charge in [0.05, 0.1) is 0 Å². The highest BCUT2D eigenvalue weighted by molar-refractivity contribution is 5.94. The van der Waals surface area contributed by atoms with Crippen molar-refractivity contribution in [3.05, 3.63) is 41.5 Å². The van der Waals surface area contributed by atoms with Crippen LogP contribution >= 0.6 is 0 Å². The summed E-state index contributed by atoms with van der Waals surface area (Å²) in [5, 5.41) is 3.74. The van der Waals surface area contributed by atoms with Gasteiger partial charge in [0, 0.05) is 32.0 Å². The standard InChI is InChI=1S/C15H17N3O3/c1-10-7-12-8-11(3-4-13(12)21-10)15(19)18(2)6-5-14-16-9-20-17-14/h3-4,8-10H,5-7H2,1-2H3/t10-/m1/s1. The fraction of sp³-hybridized carbons (Fsp3) is 0.400. The molecule has 2 heterocycles. The van der Waals surface area contributed by atoms with Crippen LogP contribution in [0.1, 0.15) is 28.7 Å². The molecule has 0 N–H and O–H groups in total. The molecule has 0 fully saturated rings. The maximum atomic E-state index is 12.4. The molecule has 1 aliphatic heterocycles. The Kier molecular flexibility index (Phi) is 3.60. The van der Waals surface area contributed by atoms with Crippen molar-refractivity contribution >= 4 is 5.91 Å². The van der Waals surface area contributed by atoms with Crippen molar-refractivity contribution in [2.45, 2.75) is 25.9 Å². The van der Waals surface area contributed by atoms with Crippen LogP contribution in [0.2, 0.25) is 0 Å². The van der Waals surface area contributed by atoms with E-state index in [1.54, 1.807) is 11.9 Å². The monoisotopic (exact) mass is 287 g/mol. The Balaban J connectivity index is 1.66.